The van der Waals surface area contributed by atoms with Gasteiger partial charge in [-0.2, -0.15) is 26.3 Å². The summed E-state index contributed by atoms with van der Waals surface area (Å²) in [5.74, 6) is 0.136. The Labute approximate surface area is 207 Å². The molecule has 0 saturated carbocycles. The van der Waals surface area contributed by atoms with Crippen LogP contribution in [0.3, 0.4) is 0 Å². The van der Waals surface area contributed by atoms with Crippen LogP contribution in [-0.4, -0.2) is 10.7 Å². The van der Waals surface area contributed by atoms with Crippen molar-refractivity contribution < 1.29 is 31.4 Å². The highest BCUT2D eigenvalue weighted by Crippen LogP contribution is 2.40. The fraction of sp³-hybridized carbons (Fsp3) is 0.786. The number of aryl methyl sites for hydroxylation is 1. The summed E-state index contributed by atoms with van der Waals surface area (Å²) in [5.41, 5.74) is -3.35. The van der Waals surface area contributed by atoms with E-state index in [1.165, 1.54) is 25.7 Å². The third-order valence-corrected chi connectivity index (χ3v) is 7.33. The zero-order valence-corrected chi connectivity index (χ0v) is 22.0. The fourth-order valence-electron chi connectivity index (χ4n) is 5.27. The van der Waals surface area contributed by atoms with Crippen molar-refractivity contribution in [2.24, 2.45) is 17.8 Å². The van der Waals surface area contributed by atoms with E-state index in [0.717, 1.165) is 31.4 Å². The molecule has 204 valence electrons. The molecule has 1 aromatic rings. The van der Waals surface area contributed by atoms with Gasteiger partial charge in [0.25, 0.3) is 0 Å². The summed E-state index contributed by atoms with van der Waals surface area (Å²) in [7, 11) is 0. The van der Waals surface area contributed by atoms with Crippen molar-refractivity contribution in [3.05, 3.63) is 34.9 Å². The molecule has 1 atom stereocenters. The molecule has 1 N–H and O–H groups in total. The van der Waals surface area contributed by atoms with Gasteiger partial charge in [0, 0.05) is 0 Å². The molecule has 1 aromatic carbocycles. The molecule has 0 spiro atoms. The van der Waals surface area contributed by atoms with E-state index in [2.05, 4.69) is 6.92 Å². The van der Waals surface area contributed by atoms with E-state index in [-0.39, 0.29) is 35.8 Å². The highest BCUT2D eigenvalue weighted by Gasteiger charge is 2.41. The monoisotopic (exact) mass is 510 g/mol. The van der Waals surface area contributed by atoms with Crippen molar-refractivity contribution in [3.63, 3.8) is 0 Å². The summed E-state index contributed by atoms with van der Waals surface area (Å²) in [6.45, 7) is 10.2. The number of halogens is 6. The largest absolute Gasteiger partial charge is 0.416 e. The van der Waals surface area contributed by atoms with Gasteiger partial charge in [-0.1, -0.05) is 79.6 Å². The molecular formula is C28H44F6O. The van der Waals surface area contributed by atoms with Crippen LogP contribution < -0.4 is 0 Å². The molecule has 0 fully saturated rings. The Kier molecular flexibility index (Phi) is 12.6. The van der Waals surface area contributed by atoms with Crippen LogP contribution in [0.1, 0.15) is 116 Å². The Morgan fingerprint density at radius 1 is 0.657 bits per heavy atom. The maximum absolute atomic E-state index is 13.1. The third kappa shape index (κ3) is 9.97. The second-order valence-corrected chi connectivity index (χ2v) is 10.6. The van der Waals surface area contributed by atoms with Gasteiger partial charge < -0.3 is 5.11 Å². The van der Waals surface area contributed by atoms with E-state index in [0.29, 0.717) is 19.3 Å². The van der Waals surface area contributed by atoms with Crippen molar-refractivity contribution in [2.75, 3.05) is 0 Å². The van der Waals surface area contributed by atoms with Gasteiger partial charge in [-0.05, 0) is 67.2 Å². The van der Waals surface area contributed by atoms with E-state index in [9.17, 15) is 31.4 Å². The van der Waals surface area contributed by atoms with Gasteiger partial charge in [-0.25, -0.2) is 0 Å². The van der Waals surface area contributed by atoms with E-state index < -0.39 is 29.1 Å². The summed E-state index contributed by atoms with van der Waals surface area (Å²) in [5, 5.41) is 11.6. The van der Waals surface area contributed by atoms with Crippen molar-refractivity contribution >= 4 is 0 Å². The lowest BCUT2D eigenvalue weighted by atomic mass is 9.68. The SMILES string of the molecule is CCCCCCCCC(CCCCc1cc(C(F)(F)F)cc(C(F)(F)F)c1)C(O)(C(C)C)C(C)C. The van der Waals surface area contributed by atoms with Gasteiger partial charge in [0.15, 0.2) is 0 Å². The second kappa shape index (κ2) is 13.9. The van der Waals surface area contributed by atoms with E-state index in [1.807, 2.05) is 27.7 Å². The van der Waals surface area contributed by atoms with Crippen molar-refractivity contribution in [2.45, 2.75) is 123 Å². The molecule has 0 bridgehead atoms. The molecule has 0 saturated heterocycles. The van der Waals surface area contributed by atoms with E-state index in [4.69, 9.17) is 0 Å². The third-order valence-electron chi connectivity index (χ3n) is 7.33. The van der Waals surface area contributed by atoms with Crippen molar-refractivity contribution in [1.29, 1.82) is 0 Å². The number of hydrogen-bond acceptors (Lipinski definition) is 1. The lowest BCUT2D eigenvalue weighted by molar-refractivity contribution is -0.143. The van der Waals surface area contributed by atoms with Gasteiger partial charge in [-0.3, -0.25) is 0 Å². The summed E-state index contributed by atoms with van der Waals surface area (Å²) < 4.78 is 78.8. The van der Waals surface area contributed by atoms with Crippen LogP contribution in [0.15, 0.2) is 18.2 Å². The maximum Gasteiger partial charge on any atom is 0.416 e. The molecule has 7 heteroatoms. The predicted octanol–water partition coefficient (Wildman–Crippen LogP) is 9.85. The first kappa shape index (κ1) is 31.8. The molecule has 0 aliphatic carbocycles. The number of alkyl halides is 6. The van der Waals surface area contributed by atoms with Gasteiger partial charge in [-0.15, -0.1) is 0 Å². The molecule has 0 amide bonds. The van der Waals surface area contributed by atoms with Crippen LogP contribution in [0, 0.1) is 17.8 Å². The number of hydrogen-bond donors (Lipinski definition) is 1. The fourth-order valence-corrected chi connectivity index (χ4v) is 5.27. The predicted molar refractivity (Wildman–Crippen MR) is 130 cm³/mol. The summed E-state index contributed by atoms with van der Waals surface area (Å²) in [4.78, 5) is 0. The van der Waals surface area contributed by atoms with Gasteiger partial charge in [0.1, 0.15) is 0 Å². The Hall–Kier alpha value is -1.24. The second-order valence-electron chi connectivity index (χ2n) is 10.6. The first-order valence-corrected chi connectivity index (χ1v) is 13.1. The molecule has 1 unspecified atom stereocenters. The first-order valence-electron chi connectivity index (χ1n) is 13.1. The molecule has 0 aliphatic rings. The lowest BCUT2D eigenvalue weighted by Gasteiger charge is -2.43. The van der Waals surface area contributed by atoms with Crippen LogP contribution in [0.5, 0.6) is 0 Å². The molecule has 0 radical (unpaired) electrons. The maximum atomic E-state index is 13.1. The Morgan fingerprint density at radius 3 is 1.51 bits per heavy atom. The van der Waals surface area contributed by atoms with Crippen LogP contribution in [0.4, 0.5) is 26.3 Å². The topological polar surface area (TPSA) is 20.2 Å². The van der Waals surface area contributed by atoms with Crippen molar-refractivity contribution in [1.82, 2.24) is 0 Å². The zero-order chi connectivity index (χ0) is 26.9. The quantitative estimate of drug-likeness (QED) is 0.184. The minimum atomic E-state index is -4.83. The molecule has 1 rings (SSSR count). The van der Waals surface area contributed by atoms with Gasteiger partial charge in [0.2, 0.25) is 0 Å². The smallest absolute Gasteiger partial charge is 0.389 e. The summed E-state index contributed by atoms with van der Waals surface area (Å²) >= 11 is 0. The summed E-state index contributed by atoms with van der Waals surface area (Å²) in [6, 6.07) is 1.81. The molecule has 0 heterocycles. The van der Waals surface area contributed by atoms with E-state index in [1.54, 1.807) is 0 Å². The highest BCUT2D eigenvalue weighted by atomic mass is 19.4. The van der Waals surface area contributed by atoms with Crippen LogP contribution in [0.25, 0.3) is 0 Å². The minimum absolute atomic E-state index is 0.0425. The molecular weight excluding hydrogens is 466 g/mol. The average molecular weight is 511 g/mol. The number of unbranched alkanes of at least 4 members (excludes halogenated alkanes) is 6. The Balaban J connectivity index is 2.87. The van der Waals surface area contributed by atoms with E-state index >= 15 is 0 Å². The van der Waals surface area contributed by atoms with Crippen LogP contribution >= 0.6 is 0 Å². The van der Waals surface area contributed by atoms with Gasteiger partial charge in [0.05, 0.1) is 16.7 Å². The number of benzene rings is 1. The zero-order valence-electron chi connectivity index (χ0n) is 22.0. The Morgan fingerprint density at radius 2 is 1.09 bits per heavy atom. The first-order chi connectivity index (χ1) is 16.1. The highest BCUT2D eigenvalue weighted by molar-refractivity contribution is 5.33. The number of rotatable bonds is 15. The molecule has 35 heavy (non-hydrogen) atoms. The minimum Gasteiger partial charge on any atom is -0.389 e. The Bertz CT molecular complexity index is 696. The average Bonchev–Trinajstić information content (AvgIpc) is 2.75. The number of aliphatic hydroxyl groups is 1. The molecule has 0 aromatic heterocycles. The van der Waals surface area contributed by atoms with Crippen molar-refractivity contribution in [3.8, 4) is 0 Å². The standard InChI is InChI=1S/C28H44F6O/c1-6-7-8-9-10-11-15-23(26(35,20(2)3)21(4)5)16-13-12-14-22-17-24(27(29,30)31)19-25(18-22)28(32,33)34/h17-21,23,35H,6-16H2,1-5H3. The lowest BCUT2D eigenvalue weighted by Crippen LogP contribution is -2.47. The normalized spacial score (nSPS) is 14.2. The van der Waals surface area contributed by atoms with Crippen LogP contribution in [-0.2, 0) is 18.8 Å². The molecule has 0 aliphatic heterocycles. The van der Waals surface area contributed by atoms with Crippen LogP contribution in [0.2, 0.25) is 0 Å². The summed E-state index contributed by atoms with van der Waals surface area (Å²) in [6.07, 6.45) is 0.0504. The van der Waals surface area contributed by atoms with Gasteiger partial charge >= 0.3 is 12.4 Å². The molecule has 1 nitrogen and oxygen atoms in total.